The maximum Gasteiger partial charge on any atom is 0.322 e. The second-order valence-corrected chi connectivity index (χ2v) is 6.72. The van der Waals surface area contributed by atoms with Gasteiger partial charge >= 0.3 is 7.60 Å². The lowest BCUT2D eigenvalue weighted by molar-refractivity contribution is 0.130. The zero-order valence-corrected chi connectivity index (χ0v) is 16.1. The maximum absolute atomic E-state index is 9.33. The van der Waals surface area contributed by atoms with Gasteiger partial charge in [0.05, 0.1) is 0 Å². The molecule has 0 aliphatic heterocycles. The van der Waals surface area contributed by atoms with Gasteiger partial charge in [-0.05, 0) is 38.8 Å². The molecular weight excluding hydrogens is 319 g/mol. The molecule has 0 amide bonds. The maximum atomic E-state index is 9.33. The summed E-state index contributed by atoms with van der Waals surface area (Å²) in [6.07, 6.45) is 6.74. The highest BCUT2D eigenvalue weighted by molar-refractivity contribution is 7.50. The molecule has 0 aromatic heterocycles. The normalized spacial score (nSPS) is 10.4. The Morgan fingerprint density at radius 3 is 1.26 bits per heavy atom. The van der Waals surface area contributed by atoms with Crippen LogP contribution in [0.2, 0.25) is 0 Å². The van der Waals surface area contributed by atoms with Gasteiger partial charge < -0.3 is 30.7 Å². The van der Waals surface area contributed by atoms with Gasteiger partial charge in [0.1, 0.15) is 0 Å². The Morgan fingerprint density at radius 1 is 0.783 bits per heavy atom. The molecule has 0 aromatic rings. The minimum Gasteiger partial charge on any atom is -0.381 e. The molecule has 0 atom stereocenters. The molecular formula is C15H39N2O5P. The van der Waals surface area contributed by atoms with E-state index in [1.807, 2.05) is 0 Å². The number of nitrogens with two attached hydrogens (primary N) is 2. The van der Waals surface area contributed by atoms with E-state index in [2.05, 4.69) is 13.8 Å². The van der Waals surface area contributed by atoms with Gasteiger partial charge in [-0.2, -0.15) is 0 Å². The van der Waals surface area contributed by atoms with E-state index in [1.165, 1.54) is 25.7 Å². The lowest BCUT2D eigenvalue weighted by Gasteiger charge is -1.99. The summed E-state index contributed by atoms with van der Waals surface area (Å²) in [5.41, 5.74) is 10.5. The summed E-state index contributed by atoms with van der Waals surface area (Å²) in [4.78, 5) is 15.3. The topological polar surface area (TPSA) is 128 Å². The first-order valence-electron chi connectivity index (χ1n) is 8.42. The Balaban J connectivity index is -0.000000273. The van der Waals surface area contributed by atoms with Crippen LogP contribution in [0.3, 0.4) is 0 Å². The highest BCUT2D eigenvalue weighted by Crippen LogP contribution is 2.26. The van der Waals surface area contributed by atoms with Gasteiger partial charge in [0.2, 0.25) is 0 Å². The Kier molecular flexibility index (Phi) is 29.3. The summed E-state index contributed by atoms with van der Waals surface area (Å²) in [5, 5.41) is 0. The fourth-order valence-corrected chi connectivity index (χ4v) is 1.07. The molecule has 0 unspecified atom stereocenters. The van der Waals surface area contributed by atoms with Gasteiger partial charge in [-0.1, -0.05) is 26.7 Å². The molecule has 8 heteroatoms. The highest BCUT2D eigenvalue weighted by atomic mass is 31.2. The molecule has 0 spiro atoms. The molecule has 0 saturated heterocycles. The Labute approximate surface area is 142 Å². The van der Waals surface area contributed by atoms with E-state index < -0.39 is 7.60 Å². The number of hydrogen-bond acceptors (Lipinski definition) is 5. The standard InChI is InChI=1S/2C7H17NO.CH5O3P/c2*1-2-3-6-9-7-4-5-8;1-5(2,3)4/h2*2-8H2,1H3;1H3,(H2,2,3,4). The molecule has 0 aromatic carbocycles. The molecule has 23 heavy (non-hydrogen) atoms. The summed E-state index contributed by atoms with van der Waals surface area (Å²) in [6, 6.07) is 0. The third-order valence-corrected chi connectivity index (χ3v) is 2.27. The SMILES string of the molecule is CCCCOCCCN.CCCCOCCCN.CP(=O)(O)O. The van der Waals surface area contributed by atoms with Crippen molar-refractivity contribution in [3.63, 3.8) is 0 Å². The van der Waals surface area contributed by atoms with Crippen LogP contribution in [-0.2, 0) is 14.0 Å². The number of rotatable bonds is 12. The van der Waals surface area contributed by atoms with Crippen molar-refractivity contribution in [1.29, 1.82) is 0 Å². The van der Waals surface area contributed by atoms with E-state index in [-0.39, 0.29) is 0 Å². The van der Waals surface area contributed by atoms with Crippen molar-refractivity contribution in [2.24, 2.45) is 11.5 Å². The Morgan fingerprint density at radius 2 is 1.04 bits per heavy atom. The van der Waals surface area contributed by atoms with E-state index in [0.717, 1.165) is 59.0 Å². The van der Waals surface area contributed by atoms with Crippen LogP contribution in [-0.4, -0.2) is 56.0 Å². The number of hydrogen-bond donors (Lipinski definition) is 4. The number of ether oxygens (including phenoxy) is 2. The first-order chi connectivity index (χ1) is 10.8. The molecule has 144 valence electrons. The zero-order chi connectivity index (χ0) is 18.4. The van der Waals surface area contributed by atoms with E-state index in [1.54, 1.807) is 0 Å². The van der Waals surface area contributed by atoms with Crippen LogP contribution in [0.25, 0.3) is 0 Å². The van der Waals surface area contributed by atoms with Crippen LogP contribution in [0.5, 0.6) is 0 Å². The van der Waals surface area contributed by atoms with Crippen LogP contribution >= 0.6 is 7.60 Å². The molecule has 0 saturated carbocycles. The van der Waals surface area contributed by atoms with Crippen LogP contribution in [0.15, 0.2) is 0 Å². The van der Waals surface area contributed by atoms with Gasteiger partial charge in [0, 0.05) is 33.1 Å². The molecule has 0 bridgehead atoms. The quantitative estimate of drug-likeness (QED) is 0.311. The first-order valence-corrected chi connectivity index (χ1v) is 10.5. The predicted octanol–water partition coefficient (Wildman–Crippen LogP) is 2.10. The summed E-state index contributed by atoms with van der Waals surface area (Å²) in [5.74, 6) is 0. The van der Waals surface area contributed by atoms with Crippen LogP contribution in [0.4, 0.5) is 0 Å². The zero-order valence-electron chi connectivity index (χ0n) is 15.2. The van der Waals surface area contributed by atoms with E-state index in [4.69, 9.17) is 30.7 Å². The lowest BCUT2D eigenvalue weighted by Crippen LogP contribution is -2.04. The molecule has 0 radical (unpaired) electrons. The summed E-state index contributed by atoms with van der Waals surface area (Å²) >= 11 is 0. The fraction of sp³-hybridized carbons (Fsp3) is 1.00. The summed E-state index contributed by atoms with van der Waals surface area (Å²) in [7, 11) is -3.64. The van der Waals surface area contributed by atoms with E-state index >= 15 is 0 Å². The minimum absolute atomic E-state index is 0.742. The Bertz CT molecular complexity index is 206. The highest BCUT2D eigenvalue weighted by Gasteiger charge is 1.95. The van der Waals surface area contributed by atoms with Crippen molar-refractivity contribution in [3.05, 3.63) is 0 Å². The van der Waals surface area contributed by atoms with Crippen molar-refractivity contribution >= 4 is 7.60 Å². The van der Waals surface area contributed by atoms with Crippen LogP contribution < -0.4 is 11.5 Å². The van der Waals surface area contributed by atoms with Gasteiger partial charge in [0.25, 0.3) is 0 Å². The average Bonchev–Trinajstić information content (AvgIpc) is 2.46. The van der Waals surface area contributed by atoms with Gasteiger partial charge in [0.15, 0.2) is 0 Å². The van der Waals surface area contributed by atoms with Crippen molar-refractivity contribution in [2.45, 2.75) is 52.4 Å². The molecule has 0 aliphatic carbocycles. The molecule has 7 nitrogen and oxygen atoms in total. The summed E-state index contributed by atoms with van der Waals surface area (Å²) in [6.45, 7) is 10.1. The fourth-order valence-electron chi connectivity index (χ4n) is 1.07. The third kappa shape index (κ3) is 61.1. The Hall–Kier alpha value is -0.0100. The molecule has 0 aliphatic rings. The monoisotopic (exact) mass is 358 g/mol. The minimum atomic E-state index is -3.64. The van der Waals surface area contributed by atoms with Crippen molar-refractivity contribution < 1.29 is 23.8 Å². The smallest absolute Gasteiger partial charge is 0.322 e. The second-order valence-electron chi connectivity index (χ2n) is 5.05. The molecule has 0 rings (SSSR count). The van der Waals surface area contributed by atoms with E-state index in [0.29, 0.717) is 0 Å². The van der Waals surface area contributed by atoms with Crippen molar-refractivity contribution in [3.8, 4) is 0 Å². The van der Waals surface area contributed by atoms with Gasteiger partial charge in [-0.3, -0.25) is 4.57 Å². The number of unbranched alkanes of at least 4 members (excludes halogenated alkanes) is 2. The lowest BCUT2D eigenvalue weighted by atomic mass is 10.4. The molecule has 6 N–H and O–H groups in total. The van der Waals surface area contributed by atoms with Gasteiger partial charge in [-0.15, -0.1) is 0 Å². The average molecular weight is 358 g/mol. The first kappa shape index (κ1) is 27.8. The van der Waals surface area contributed by atoms with Crippen molar-refractivity contribution in [2.75, 3.05) is 46.2 Å². The summed E-state index contributed by atoms with van der Waals surface area (Å²) < 4.78 is 19.8. The van der Waals surface area contributed by atoms with Gasteiger partial charge in [-0.25, -0.2) is 0 Å². The van der Waals surface area contributed by atoms with E-state index in [9.17, 15) is 4.57 Å². The van der Waals surface area contributed by atoms with Crippen LogP contribution in [0.1, 0.15) is 52.4 Å². The second kappa shape index (κ2) is 24.2. The molecule has 0 heterocycles. The van der Waals surface area contributed by atoms with Crippen LogP contribution in [0, 0.1) is 0 Å². The largest absolute Gasteiger partial charge is 0.381 e. The van der Waals surface area contributed by atoms with Crippen molar-refractivity contribution in [1.82, 2.24) is 0 Å². The predicted molar refractivity (Wildman–Crippen MR) is 96.8 cm³/mol. The molecule has 0 fully saturated rings. The third-order valence-electron chi connectivity index (χ3n) is 2.27.